The molecule has 5 heteroatoms. The molecule has 5 nitrogen and oxygen atoms in total. The number of hydrogen-bond acceptors (Lipinski definition) is 4. The van der Waals surface area contributed by atoms with E-state index in [-0.39, 0.29) is 17.1 Å². The molecule has 0 aliphatic carbocycles. The van der Waals surface area contributed by atoms with Crippen LogP contribution in [0, 0.1) is 13.8 Å². The maximum Gasteiger partial charge on any atom is 0.290 e. The lowest BCUT2D eigenvalue weighted by Gasteiger charge is -2.25. The van der Waals surface area contributed by atoms with Gasteiger partial charge in [0, 0.05) is 6.54 Å². The second-order valence-electron chi connectivity index (χ2n) is 9.58. The van der Waals surface area contributed by atoms with Crippen LogP contribution in [0.3, 0.4) is 0 Å². The van der Waals surface area contributed by atoms with Gasteiger partial charge in [-0.25, -0.2) is 0 Å². The van der Waals surface area contributed by atoms with Crippen LogP contribution >= 0.6 is 0 Å². The fraction of sp³-hybridized carbons (Fsp3) is 0.290. The first kappa shape index (κ1) is 23.9. The van der Waals surface area contributed by atoms with Crippen molar-refractivity contribution in [3.8, 4) is 5.75 Å². The molecule has 36 heavy (non-hydrogen) atoms. The Balaban J connectivity index is 1.54. The third-order valence-corrected chi connectivity index (χ3v) is 6.86. The predicted octanol–water partition coefficient (Wildman–Crippen LogP) is 6.72. The number of carbonyl (C=O) groups is 1. The van der Waals surface area contributed by atoms with Crippen LogP contribution in [0.25, 0.3) is 11.0 Å². The van der Waals surface area contributed by atoms with Gasteiger partial charge < -0.3 is 14.1 Å². The van der Waals surface area contributed by atoms with Crippen molar-refractivity contribution in [3.05, 3.63) is 111 Å². The summed E-state index contributed by atoms with van der Waals surface area (Å²) in [5.74, 6) is 0.693. The number of carbonyl (C=O) groups excluding carboxylic acids is 1. The standard InChI is InChI=1S/C31H31NO4/c1-4-5-9-16-32-28(23-12-14-24(15-13-23)35-19-22-10-7-6-8-11-22)27-29(33)26-21(3)17-20(2)18-25(26)36-30(27)31(32)34/h6-8,10-15,17-18,28H,4-5,9,16,19H2,1-3H3. The molecule has 0 saturated heterocycles. The van der Waals surface area contributed by atoms with E-state index in [0.29, 0.717) is 29.7 Å². The zero-order valence-electron chi connectivity index (χ0n) is 21.0. The molecule has 0 bridgehead atoms. The maximum absolute atomic E-state index is 13.8. The van der Waals surface area contributed by atoms with Crippen molar-refractivity contribution in [1.29, 1.82) is 0 Å². The van der Waals surface area contributed by atoms with E-state index >= 15 is 0 Å². The Kier molecular flexibility index (Phi) is 6.64. The van der Waals surface area contributed by atoms with E-state index in [1.54, 1.807) is 4.90 Å². The van der Waals surface area contributed by atoms with Gasteiger partial charge in [-0.2, -0.15) is 0 Å². The number of unbranched alkanes of at least 4 members (excludes halogenated alkanes) is 2. The minimum Gasteiger partial charge on any atom is -0.489 e. The molecule has 5 rings (SSSR count). The summed E-state index contributed by atoms with van der Waals surface area (Å²) in [7, 11) is 0. The van der Waals surface area contributed by atoms with Crippen LogP contribution < -0.4 is 10.2 Å². The van der Waals surface area contributed by atoms with Gasteiger partial charge in [-0.3, -0.25) is 9.59 Å². The highest BCUT2D eigenvalue weighted by molar-refractivity contribution is 5.99. The first-order chi connectivity index (χ1) is 17.5. The topological polar surface area (TPSA) is 59.8 Å². The SMILES string of the molecule is CCCCCN1C(=O)c2oc3cc(C)cc(C)c3c(=O)c2C1c1ccc(OCc2ccccc2)cc1. The number of amides is 1. The molecule has 0 saturated carbocycles. The first-order valence-electron chi connectivity index (χ1n) is 12.6. The van der Waals surface area contributed by atoms with Crippen molar-refractivity contribution >= 4 is 16.9 Å². The second kappa shape index (κ2) is 10.0. The zero-order chi connectivity index (χ0) is 25.2. The number of benzene rings is 3. The molecule has 0 N–H and O–H groups in total. The quantitative estimate of drug-likeness (QED) is 0.262. The minimum atomic E-state index is -0.478. The van der Waals surface area contributed by atoms with Gasteiger partial charge in [0.05, 0.1) is 17.0 Å². The second-order valence-corrected chi connectivity index (χ2v) is 9.58. The molecule has 0 radical (unpaired) electrons. The Morgan fingerprint density at radius 1 is 0.944 bits per heavy atom. The third kappa shape index (κ3) is 4.41. The molecule has 1 amide bonds. The van der Waals surface area contributed by atoms with E-state index in [0.717, 1.165) is 47.3 Å². The lowest BCUT2D eigenvalue weighted by Crippen LogP contribution is -2.30. The van der Waals surface area contributed by atoms with E-state index in [1.807, 2.05) is 80.6 Å². The van der Waals surface area contributed by atoms with Crippen LogP contribution in [0.4, 0.5) is 0 Å². The highest BCUT2D eigenvalue weighted by atomic mass is 16.5. The number of hydrogen-bond donors (Lipinski definition) is 0. The smallest absolute Gasteiger partial charge is 0.290 e. The normalized spacial score (nSPS) is 14.9. The lowest BCUT2D eigenvalue weighted by atomic mass is 9.96. The van der Waals surface area contributed by atoms with Gasteiger partial charge >= 0.3 is 0 Å². The lowest BCUT2D eigenvalue weighted by molar-refractivity contribution is 0.0724. The Bertz CT molecular complexity index is 1450. The molecular formula is C31H31NO4. The molecule has 1 unspecified atom stereocenters. The fourth-order valence-corrected chi connectivity index (χ4v) is 5.11. The van der Waals surface area contributed by atoms with E-state index in [9.17, 15) is 9.59 Å². The van der Waals surface area contributed by atoms with Crippen LogP contribution in [0.2, 0.25) is 0 Å². The number of rotatable bonds is 8. The molecular weight excluding hydrogens is 450 g/mol. The van der Waals surface area contributed by atoms with Gasteiger partial charge in [0.1, 0.15) is 17.9 Å². The average Bonchev–Trinajstić information content (AvgIpc) is 3.15. The summed E-state index contributed by atoms with van der Waals surface area (Å²) in [6.07, 6.45) is 2.93. The highest BCUT2D eigenvalue weighted by Gasteiger charge is 2.42. The predicted molar refractivity (Wildman–Crippen MR) is 142 cm³/mol. The molecule has 2 heterocycles. The molecule has 1 aromatic heterocycles. The van der Waals surface area contributed by atoms with Crippen LogP contribution in [0.1, 0.15) is 70.6 Å². The Labute approximate surface area is 211 Å². The van der Waals surface area contributed by atoms with E-state index in [2.05, 4.69) is 6.92 Å². The first-order valence-corrected chi connectivity index (χ1v) is 12.6. The van der Waals surface area contributed by atoms with Gasteiger partial charge in [0.25, 0.3) is 5.91 Å². The van der Waals surface area contributed by atoms with Crippen molar-refractivity contribution in [2.75, 3.05) is 6.54 Å². The molecule has 1 aliphatic rings. The van der Waals surface area contributed by atoms with Gasteiger partial charge in [0.15, 0.2) is 5.43 Å². The highest BCUT2D eigenvalue weighted by Crippen LogP contribution is 2.39. The molecule has 184 valence electrons. The number of fused-ring (bicyclic) bond motifs is 2. The zero-order valence-corrected chi connectivity index (χ0v) is 21.0. The maximum atomic E-state index is 13.8. The molecule has 0 spiro atoms. The monoisotopic (exact) mass is 481 g/mol. The average molecular weight is 482 g/mol. The Morgan fingerprint density at radius 3 is 2.42 bits per heavy atom. The van der Waals surface area contributed by atoms with Crippen molar-refractivity contribution < 1.29 is 13.9 Å². The summed E-state index contributed by atoms with van der Waals surface area (Å²) < 4.78 is 12.1. The van der Waals surface area contributed by atoms with Gasteiger partial charge in [-0.05, 0) is 60.7 Å². The van der Waals surface area contributed by atoms with Crippen LogP contribution in [-0.2, 0) is 6.61 Å². The number of nitrogens with zero attached hydrogens (tertiary/aromatic N) is 1. The van der Waals surface area contributed by atoms with Crippen LogP contribution in [0.5, 0.6) is 5.75 Å². The van der Waals surface area contributed by atoms with Crippen molar-refractivity contribution in [2.45, 2.75) is 52.7 Å². The number of aryl methyl sites for hydroxylation is 2. The van der Waals surface area contributed by atoms with Crippen LogP contribution in [-0.4, -0.2) is 17.4 Å². The van der Waals surface area contributed by atoms with Crippen molar-refractivity contribution in [3.63, 3.8) is 0 Å². The summed E-state index contributed by atoms with van der Waals surface area (Å²) >= 11 is 0. The molecule has 1 aliphatic heterocycles. The summed E-state index contributed by atoms with van der Waals surface area (Å²) in [6.45, 7) is 7.06. The molecule has 1 atom stereocenters. The number of ether oxygens (including phenoxy) is 1. The summed E-state index contributed by atoms with van der Waals surface area (Å²) in [6, 6.07) is 21.1. The summed E-state index contributed by atoms with van der Waals surface area (Å²) in [5.41, 5.74) is 4.62. The van der Waals surface area contributed by atoms with Crippen molar-refractivity contribution in [1.82, 2.24) is 4.90 Å². The largest absolute Gasteiger partial charge is 0.489 e. The van der Waals surface area contributed by atoms with E-state index in [1.165, 1.54) is 0 Å². The summed E-state index contributed by atoms with van der Waals surface area (Å²) in [4.78, 5) is 29.2. The Morgan fingerprint density at radius 2 is 1.69 bits per heavy atom. The molecule has 0 fully saturated rings. The summed E-state index contributed by atoms with van der Waals surface area (Å²) in [5, 5.41) is 0.551. The fourth-order valence-electron chi connectivity index (χ4n) is 5.11. The van der Waals surface area contributed by atoms with Crippen LogP contribution in [0.15, 0.2) is 75.9 Å². The third-order valence-electron chi connectivity index (χ3n) is 6.86. The molecule has 3 aromatic carbocycles. The van der Waals surface area contributed by atoms with E-state index < -0.39 is 6.04 Å². The molecule has 4 aromatic rings. The van der Waals surface area contributed by atoms with Gasteiger partial charge in [0.2, 0.25) is 5.76 Å². The van der Waals surface area contributed by atoms with Gasteiger partial charge in [-0.1, -0.05) is 68.3 Å². The van der Waals surface area contributed by atoms with Crippen molar-refractivity contribution in [2.24, 2.45) is 0 Å². The van der Waals surface area contributed by atoms with E-state index in [4.69, 9.17) is 9.15 Å². The minimum absolute atomic E-state index is 0.121. The van der Waals surface area contributed by atoms with Gasteiger partial charge in [-0.15, -0.1) is 0 Å². The Hall–Kier alpha value is -3.86.